The van der Waals surface area contributed by atoms with E-state index in [1.807, 2.05) is 0 Å². The monoisotopic (exact) mass is 352 g/mol. The maximum atomic E-state index is 12.3. The summed E-state index contributed by atoms with van der Waals surface area (Å²) in [5.41, 5.74) is 1.40. The van der Waals surface area contributed by atoms with Gasteiger partial charge >= 0.3 is 0 Å². The lowest BCUT2D eigenvalue weighted by Crippen LogP contribution is -2.40. The highest BCUT2D eigenvalue weighted by molar-refractivity contribution is 5.85. The molecule has 1 aliphatic rings. The lowest BCUT2D eigenvalue weighted by atomic mass is 9.76. The van der Waals surface area contributed by atoms with Crippen LogP contribution in [-0.2, 0) is 10.2 Å². The van der Waals surface area contributed by atoms with E-state index in [9.17, 15) is 4.79 Å². The highest BCUT2D eigenvalue weighted by atomic mass is 35.5. The molecule has 0 unspecified atom stereocenters. The lowest BCUT2D eigenvalue weighted by molar-refractivity contribution is -0.121. The van der Waals surface area contributed by atoms with Gasteiger partial charge in [-0.2, -0.15) is 0 Å². The summed E-state index contributed by atoms with van der Waals surface area (Å²) in [5.74, 6) is 0.934. The number of rotatable bonds is 8. The highest BCUT2D eigenvalue weighted by Gasteiger charge is 2.28. The third kappa shape index (κ3) is 5.78. The minimum atomic E-state index is 0. The van der Waals surface area contributed by atoms with Crippen LogP contribution in [0.15, 0.2) is 30.3 Å². The zero-order chi connectivity index (χ0) is 16.5. The summed E-state index contributed by atoms with van der Waals surface area (Å²) in [5, 5.41) is 6.59. The average molecular weight is 353 g/mol. The Kier molecular flexibility index (Phi) is 9.38. The van der Waals surface area contributed by atoms with Crippen molar-refractivity contribution in [1.29, 1.82) is 0 Å². The van der Waals surface area contributed by atoms with Crippen LogP contribution in [-0.4, -0.2) is 25.5 Å². The molecule has 0 atom stereocenters. The van der Waals surface area contributed by atoms with E-state index in [1.54, 1.807) is 0 Å². The molecule has 0 radical (unpaired) electrons. The maximum absolute atomic E-state index is 12.3. The second-order valence-corrected chi connectivity index (χ2v) is 6.86. The minimum absolute atomic E-state index is 0. The van der Waals surface area contributed by atoms with Gasteiger partial charge < -0.3 is 10.6 Å². The first kappa shape index (κ1) is 21.0. The van der Waals surface area contributed by atoms with E-state index in [-0.39, 0.29) is 23.7 Å². The van der Waals surface area contributed by atoms with Crippen LogP contribution in [0.4, 0.5) is 0 Å². The molecule has 1 heterocycles. The van der Waals surface area contributed by atoms with Crippen LogP contribution < -0.4 is 10.6 Å². The van der Waals surface area contributed by atoms with Gasteiger partial charge in [-0.25, -0.2) is 0 Å². The molecule has 0 saturated carbocycles. The molecule has 0 aliphatic carbocycles. The fraction of sp³-hybridized carbons (Fsp3) is 0.650. The molecule has 3 nitrogen and oxygen atoms in total. The van der Waals surface area contributed by atoms with Crippen molar-refractivity contribution in [3.05, 3.63) is 35.9 Å². The number of benzene rings is 1. The van der Waals surface area contributed by atoms with E-state index >= 15 is 0 Å². The Morgan fingerprint density at radius 3 is 2.38 bits per heavy atom. The summed E-state index contributed by atoms with van der Waals surface area (Å²) in [6, 6.07) is 10.6. The van der Waals surface area contributed by atoms with Crippen molar-refractivity contribution in [3.8, 4) is 0 Å². The predicted molar refractivity (Wildman–Crippen MR) is 104 cm³/mol. The van der Waals surface area contributed by atoms with Crippen LogP contribution in [0, 0.1) is 5.92 Å². The molecule has 4 heteroatoms. The number of carbonyl (C=O) groups excluding carboxylic acids is 1. The van der Waals surface area contributed by atoms with Crippen LogP contribution >= 0.6 is 12.4 Å². The van der Waals surface area contributed by atoms with E-state index in [1.165, 1.54) is 18.4 Å². The zero-order valence-electron chi connectivity index (χ0n) is 15.1. The molecular formula is C20H33ClN2O. The normalized spacial score (nSPS) is 15.6. The SMILES string of the molecule is CCC(CC)(CNC(=O)CCC1CCNCC1)c1ccccc1.Cl. The Bertz CT molecular complexity index is 468. The van der Waals surface area contributed by atoms with Crippen molar-refractivity contribution in [1.82, 2.24) is 10.6 Å². The maximum Gasteiger partial charge on any atom is 0.220 e. The molecule has 1 aromatic carbocycles. The van der Waals surface area contributed by atoms with Gasteiger partial charge in [0.1, 0.15) is 0 Å². The number of amides is 1. The molecule has 1 fully saturated rings. The Balaban J connectivity index is 0.00000288. The van der Waals surface area contributed by atoms with Gasteiger partial charge in [-0.3, -0.25) is 4.79 Å². The first-order valence-electron chi connectivity index (χ1n) is 9.23. The molecule has 0 bridgehead atoms. The van der Waals surface area contributed by atoms with Gasteiger partial charge in [-0.05, 0) is 56.7 Å². The second-order valence-electron chi connectivity index (χ2n) is 6.86. The van der Waals surface area contributed by atoms with Gasteiger partial charge in [-0.1, -0.05) is 44.2 Å². The minimum Gasteiger partial charge on any atom is -0.355 e. The Morgan fingerprint density at radius 1 is 1.17 bits per heavy atom. The van der Waals surface area contributed by atoms with Crippen LogP contribution in [0.5, 0.6) is 0 Å². The van der Waals surface area contributed by atoms with Gasteiger partial charge in [0.15, 0.2) is 0 Å². The van der Waals surface area contributed by atoms with Gasteiger partial charge in [0, 0.05) is 18.4 Å². The molecule has 1 aliphatic heterocycles. The van der Waals surface area contributed by atoms with Crippen LogP contribution in [0.1, 0.15) is 57.9 Å². The predicted octanol–water partition coefficient (Wildman–Crippen LogP) is 4.06. The van der Waals surface area contributed by atoms with Gasteiger partial charge in [0.05, 0.1) is 0 Å². The quantitative estimate of drug-likeness (QED) is 0.740. The average Bonchev–Trinajstić information content (AvgIpc) is 2.63. The topological polar surface area (TPSA) is 41.1 Å². The molecule has 2 N–H and O–H groups in total. The molecule has 1 amide bonds. The van der Waals surface area contributed by atoms with Crippen LogP contribution in [0.3, 0.4) is 0 Å². The summed E-state index contributed by atoms with van der Waals surface area (Å²) in [6.45, 7) is 7.40. The Hall–Kier alpha value is -1.06. The third-order valence-corrected chi connectivity index (χ3v) is 5.60. The lowest BCUT2D eigenvalue weighted by Gasteiger charge is -2.33. The summed E-state index contributed by atoms with van der Waals surface area (Å²) in [6.07, 6.45) is 6.22. The van der Waals surface area contributed by atoms with E-state index in [0.717, 1.165) is 44.8 Å². The number of nitrogens with one attached hydrogen (secondary N) is 2. The van der Waals surface area contributed by atoms with Crippen molar-refractivity contribution in [2.45, 2.75) is 57.8 Å². The molecule has 2 rings (SSSR count). The van der Waals surface area contributed by atoms with Gasteiger partial charge in [-0.15, -0.1) is 12.4 Å². The fourth-order valence-corrected chi connectivity index (χ4v) is 3.66. The Labute approximate surface area is 153 Å². The van der Waals surface area contributed by atoms with Crippen LogP contribution in [0.25, 0.3) is 0 Å². The van der Waals surface area contributed by atoms with E-state index in [0.29, 0.717) is 6.42 Å². The summed E-state index contributed by atoms with van der Waals surface area (Å²) in [7, 11) is 0. The van der Waals surface area contributed by atoms with Crippen molar-refractivity contribution in [3.63, 3.8) is 0 Å². The first-order chi connectivity index (χ1) is 11.2. The Morgan fingerprint density at radius 2 is 1.79 bits per heavy atom. The van der Waals surface area contributed by atoms with Gasteiger partial charge in [0.25, 0.3) is 0 Å². The molecule has 0 spiro atoms. The van der Waals surface area contributed by atoms with E-state index in [4.69, 9.17) is 0 Å². The standard InChI is InChI=1S/C20H32N2O.ClH/c1-3-20(4-2,18-8-6-5-7-9-18)16-22-19(23)11-10-17-12-14-21-15-13-17;/h5-9,17,21H,3-4,10-16H2,1-2H3,(H,22,23);1H. The van der Waals surface area contributed by atoms with Crippen LogP contribution in [0.2, 0.25) is 0 Å². The largest absolute Gasteiger partial charge is 0.355 e. The smallest absolute Gasteiger partial charge is 0.220 e. The van der Waals surface area contributed by atoms with Crippen molar-refractivity contribution < 1.29 is 4.79 Å². The third-order valence-electron chi connectivity index (χ3n) is 5.60. The zero-order valence-corrected chi connectivity index (χ0v) is 16.0. The van der Waals surface area contributed by atoms with Crippen molar-refractivity contribution in [2.24, 2.45) is 5.92 Å². The number of hydrogen-bond acceptors (Lipinski definition) is 2. The fourth-order valence-electron chi connectivity index (χ4n) is 3.66. The first-order valence-corrected chi connectivity index (χ1v) is 9.23. The molecule has 136 valence electrons. The molecule has 24 heavy (non-hydrogen) atoms. The molecule has 0 aromatic heterocycles. The highest BCUT2D eigenvalue weighted by Crippen LogP contribution is 2.31. The van der Waals surface area contributed by atoms with Crippen molar-refractivity contribution >= 4 is 18.3 Å². The molecule has 1 aromatic rings. The molecule has 1 saturated heterocycles. The number of carbonyl (C=O) groups is 1. The number of hydrogen-bond donors (Lipinski definition) is 2. The van der Waals surface area contributed by atoms with E-state index in [2.05, 4.69) is 54.8 Å². The summed E-state index contributed by atoms with van der Waals surface area (Å²) >= 11 is 0. The summed E-state index contributed by atoms with van der Waals surface area (Å²) in [4.78, 5) is 12.3. The molecular weight excluding hydrogens is 320 g/mol. The number of piperidine rings is 1. The number of halogens is 1. The van der Waals surface area contributed by atoms with E-state index < -0.39 is 0 Å². The van der Waals surface area contributed by atoms with Gasteiger partial charge in [0.2, 0.25) is 5.91 Å². The van der Waals surface area contributed by atoms with Crippen molar-refractivity contribution in [2.75, 3.05) is 19.6 Å². The second kappa shape index (κ2) is 10.7. The summed E-state index contributed by atoms with van der Waals surface area (Å²) < 4.78 is 0.